The smallest absolute Gasteiger partial charge is 0.322 e. The van der Waals surface area contributed by atoms with E-state index in [0.29, 0.717) is 24.4 Å². The second-order valence-electron chi connectivity index (χ2n) is 5.34. The molecule has 2 rings (SSSR count). The fourth-order valence-electron chi connectivity index (χ4n) is 2.11. The summed E-state index contributed by atoms with van der Waals surface area (Å²) >= 11 is 0. The molecule has 6 nitrogen and oxygen atoms in total. The van der Waals surface area contributed by atoms with E-state index >= 15 is 0 Å². The Labute approximate surface area is 123 Å². The third-order valence-corrected chi connectivity index (χ3v) is 3.42. The number of nitrogens with one attached hydrogen (secondary N) is 3. The van der Waals surface area contributed by atoms with Crippen molar-refractivity contribution in [1.82, 2.24) is 16.0 Å². The molecule has 1 fully saturated rings. The van der Waals surface area contributed by atoms with Gasteiger partial charge in [-0.1, -0.05) is 26.0 Å². The number of carbonyl (C=O) groups excluding carboxylic acids is 3. The molecule has 112 valence electrons. The minimum absolute atomic E-state index is 0.185. The number of carbonyl (C=O) groups is 3. The lowest BCUT2D eigenvalue weighted by molar-refractivity contribution is -0.120. The van der Waals surface area contributed by atoms with Crippen LogP contribution in [0.5, 0.6) is 0 Å². The molecule has 0 aromatic heterocycles. The van der Waals surface area contributed by atoms with Crippen LogP contribution in [0.2, 0.25) is 0 Å². The van der Waals surface area contributed by atoms with Crippen LogP contribution in [0.4, 0.5) is 4.79 Å². The summed E-state index contributed by atoms with van der Waals surface area (Å²) in [6.07, 6.45) is 0.368. The van der Waals surface area contributed by atoms with Gasteiger partial charge in [0.2, 0.25) is 0 Å². The summed E-state index contributed by atoms with van der Waals surface area (Å²) in [5.74, 6) is -0.114. The molecule has 0 radical (unpaired) electrons. The maximum Gasteiger partial charge on any atom is 0.322 e. The van der Waals surface area contributed by atoms with Crippen LogP contribution in [0.25, 0.3) is 0 Å². The molecule has 3 N–H and O–H groups in total. The highest BCUT2D eigenvalue weighted by Crippen LogP contribution is 2.14. The standard InChI is InChI=1S/C15H19N3O3/c1-9(2)10-3-5-11(6-4-10)13(19)16-8-7-12-14(20)18-15(21)17-12/h3-6,9,12H,7-8H2,1-2H3,(H,16,19)(H2,17,18,20,21). The fraction of sp³-hybridized carbons (Fsp3) is 0.400. The van der Waals surface area contributed by atoms with Gasteiger partial charge in [-0.2, -0.15) is 0 Å². The zero-order chi connectivity index (χ0) is 15.4. The van der Waals surface area contributed by atoms with Gasteiger partial charge >= 0.3 is 6.03 Å². The SMILES string of the molecule is CC(C)c1ccc(C(=O)NCCC2NC(=O)NC2=O)cc1. The second kappa shape index (κ2) is 6.39. The Kier molecular flexibility index (Phi) is 4.57. The summed E-state index contributed by atoms with van der Waals surface area (Å²) in [5, 5.41) is 7.38. The molecule has 1 aliphatic rings. The Bertz CT molecular complexity index is 552. The number of imide groups is 1. The first-order valence-electron chi connectivity index (χ1n) is 6.97. The quantitative estimate of drug-likeness (QED) is 0.710. The zero-order valence-electron chi connectivity index (χ0n) is 12.1. The number of amides is 4. The number of hydrogen-bond donors (Lipinski definition) is 3. The first-order chi connectivity index (χ1) is 9.97. The highest BCUT2D eigenvalue weighted by Gasteiger charge is 2.28. The molecule has 1 aliphatic heterocycles. The van der Waals surface area contributed by atoms with Crippen molar-refractivity contribution in [3.8, 4) is 0 Å². The van der Waals surface area contributed by atoms with E-state index in [9.17, 15) is 14.4 Å². The summed E-state index contributed by atoms with van der Waals surface area (Å²) in [4.78, 5) is 34.2. The minimum atomic E-state index is -0.568. The van der Waals surface area contributed by atoms with E-state index in [4.69, 9.17) is 0 Å². The van der Waals surface area contributed by atoms with Crippen molar-refractivity contribution in [1.29, 1.82) is 0 Å². The molecule has 4 amide bonds. The first-order valence-corrected chi connectivity index (χ1v) is 6.97. The predicted octanol–water partition coefficient (Wildman–Crippen LogP) is 1.14. The van der Waals surface area contributed by atoms with Gasteiger partial charge in [-0.3, -0.25) is 14.9 Å². The first kappa shape index (κ1) is 15.0. The summed E-state index contributed by atoms with van der Waals surface area (Å²) in [6.45, 7) is 4.51. The number of benzene rings is 1. The summed E-state index contributed by atoms with van der Waals surface area (Å²) < 4.78 is 0. The van der Waals surface area contributed by atoms with Crippen LogP contribution in [0.3, 0.4) is 0 Å². The molecule has 1 aromatic carbocycles. The van der Waals surface area contributed by atoms with Gasteiger partial charge in [-0.15, -0.1) is 0 Å². The van der Waals surface area contributed by atoms with Crippen LogP contribution in [-0.2, 0) is 4.79 Å². The van der Waals surface area contributed by atoms with Crippen molar-refractivity contribution in [3.63, 3.8) is 0 Å². The van der Waals surface area contributed by atoms with Crippen molar-refractivity contribution >= 4 is 17.8 Å². The third-order valence-electron chi connectivity index (χ3n) is 3.42. The highest BCUT2D eigenvalue weighted by molar-refractivity contribution is 6.04. The maximum atomic E-state index is 11.9. The minimum Gasteiger partial charge on any atom is -0.352 e. The van der Waals surface area contributed by atoms with Crippen LogP contribution in [0.15, 0.2) is 24.3 Å². The molecular weight excluding hydrogens is 270 g/mol. The van der Waals surface area contributed by atoms with Gasteiger partial charge in [0, 0.05) is 12.1 Å². The molecule has 1 aromatic rings. The Balaban J connectivity index is 1.82. The van der Waals surface area contributed by atoms with Gasteiger partial charge in [0.25, 0.3) is 11.8 Å². The largest absolute Gasteiger partial charge is 0.352 e. The summed E-state index contributed by atoms with van der Waals surface area (Å²) in [5.41, 5.74) is 1.76. The number of rotatable bonds is 5. The van der Waals surface area contributed by atoms with Crippen molar-refractivity contribution in [3.05, 3.63) is 35.4 Å². The van der Waals surface area contributed by atoms with Crippen LogP contribution < -0.4 is 16.0 Å². The van der Waals surface area contributed by atoms with Gasteiger partial charge in [0.05, 0.1) is 0 Å². The lowest BCUT2D eigenvalue weighted by Crippen LogP contribution is -2.34. The second-order valence-corrected chi connectivity index (χ2v) is 5.34. The molecule has 0 spiro atoms. The topological polar surface area (TPSA) is 87.3 Å². The van der Waals surface area contributed by atoms with Gasteiger partial charge in [-0.25, -0.2) is 4.79 Å². The summed E-state index contributed by atoms with van der Waals surface area (Å²) in [7, 11) is 0. The molecule has 1 heterocycles. The van der Waals surface area contributed by atoms with E-state index in [2.05, 4.69) is 29.8 Å². The normalized spacial score (nSPS) is 17.6. The number of hydrogen-bond acceptors (Lipinski definition) is 3. The molecular formula is C15H19N3O3. The van der Waals surface area contributed by atoms with Crippen molar-refractivity contribution < 1.29 is 14.4 Å². The molecule has 1 atom stereocenters. The van der Waals surface area contributed by atoms with E-state index in [1.54, 1.807) is 12.1 Å². The van der Waals surface area contributed by atoms with Crippen LogP contribution in [0, 0.1) is 0 Å². The van der Waals surface area contributed by atoms with Gasteiger partial charge in [-0.05, 0) is 30.0 Å². The predicted molar refractivity (Wildman–Crippen MR) is 77.9 cm³/mol. The highest BCUT2D eigenvalue weighted by atomic mass is 16.2. The van der Waals surface area contributed by atoms with Gasteiger partial charge in [0.15, 0.2) is 0 Å². The Morgan fingerprint density at radius 2 is 1.90 bits per heavy atom. The molecule has 1 saturated heterocycles. The Hall–Kier alpha value is -2.37. The molecule has 1 unspecified atom stereocenters. The van der Waals surface area contributed by atoms with Crippen LogP contribution >= 0.6 is 0 Å². The molecule has 0 aliphatic carbocycles. The average Bonchev–Trinajstić information content (AvgIpc) is 2.77. The number of urea groups is 1. The molecule has 0 bridgehead atoms. The van der Waals surface area contributed by atoms with Crippen molar-refractivity contribution in [2.75, 3.05) is 6.54 Å². The zero-order valence-corrected chi connectivity index (χ0v) is 12.1. The lowest BCUT2D eigenvalue weighted by atomic mass is 10.0. The van der Waals surface area contributed by atoms with Crippen molar-refractivity contribution in [2.24, 2.45) is 0 Å². The van der Waals surface area contributed by atoms with E-state index in [0.717, 1.165) is 0 Å². The van der Waals surface area contributed by atoms with E-state index in [-0.39, 0.29) is 11.8 Å². The van der Waals surface area contributed by atoms with E-state index in [1.165, 1.54) is 5.56 Å². The Morgan fingerprint density at radius 3 is 2.43 bits per heavy atom. The molecule has 6 heteroatoms. The average molecular weight is 289 g/mol. The summed E-state index contributed by atoms with van der Waals surface area (Å²) in [6, 6.07) is 6.39. The monoisotopic (exact) mass is 289 g/mol. The van der Waals surface area contributed by atoms with Crippen LogP contribution in [0.1, 0.15) is 42.1 Å². The Morgan fingerprint density at radius 1 is 1.24 bits per heavy atom. The lowest BCUT2D eigenvalue weighted by Gasteiger charge is -2.09. The van der Waals surface area contributed by atoms with E-state index in [1.807, 2.05) is 12.1 Å². The van der Waals surface area contributed by atoms with Gasteiger partial charge < -0.3 is 10.6 Å². The van der Waals surface area contributed by atoms with Crippen LogP contribution in [-0.4, -0.2) is 30.4 Å². The van der Waals surface area contributed by atoms with Crippen molar-refractivity contribution in [2.45, 2.75) is 32.2 Å². The molecule has 0 saturated carbocycles. The third kappa shape index (κ3) is 3.81. The fourth-order valence-corrected chi connectivity index (χ4v) is 2.11. The van der Waals surface area contributed by atoms with Gasteiger partial charge in [0.1, 0.15) is 6.04 Å². The molecule has 21 heavy (non-hydrogen) atoms. The maximum absolute atomic E-state index is 11.9. The van der Waals surface area contributed by atoms with E-state index < -0.39 is 12.1 Å².